The van der Waals surface area contributed by atoms with Crippen LogP contribution in [0.2, 0.25) is 0 Å². The highest BCUT2D eigenvalue weighted by Gasteiger charge is 2.56. The van der Waals surface area contributed by atoms with Gasteiger partial charge in [0, 0.05) is 5.92 Å². The fourth-order valence-corrected chi connectivity index (χ4v) is 8.12. The second-order valence-corrected chi connectivity index (χ2v) is 10.7. The fourth-order valence-electron chi connectivity index (χ4n) is 8.12. The van der Waals surface area contributed by atoms with Gasteiger partial charge in [-0.1, -0.05) is 19.8 Å². The summed E-state index contributed by atoms with van der Waals surface area (Å²) in [6, 6.07) is 0. The summed E-state index contributed by atoms with van der Waals surface area (Å²) < 4.78 is 0. The first-order valence-electron chi connectivity index (χ1n) is 11.0. The average Bonchev–Trinajstić information content (AvgIpc) is 2.72. The van der Waals surface area contributed by atoms with Gasteiger partial charge in [0.25, 0.3) is 0 Å². The second kappa shape index (κ2) is 6.36. The molecule has 4 rings (SSSR count). The smallest absolute Gasteiger partial charge is 0.133 e. The van der Waals surface area contributed by atoms with Gasteiger partial charge in [-0.25, -0.2) is 0 Å². The van der Waals surface area contributed by atoms with Gasteiger partial charge in [0.1, 0.15) is 5.78 Å². The summed E-state index contributed by atoms with van der Waals surface area (Å²) >= 11 is 0. The minimum absolute atomic E-state index is 0.260. The summed E-state index contributed by atoms with van der Waals surface area (Å²) in [7, 11) is 0. The number of ketones is 1. The molecule has 0 radical (unpaired) electrons. The van der Waals surface area contributed by atoms with Gasteiger partial charge < -0.3 is 5.11 Å². The van der Waals surface area contributed by atoms with Crippen LogP contribution in [-0.2, 0) is 4.79 Å². The van der Waals surface area contributed by atoms with E-state index in [1.807, 2.05) is 6.92 Å². The van der Waals surface area contributed by atoms with Gasteiger partial charge in [-0.15, -0.1) is 0 Å². The van der Waals surface area contributed by atoms with Crippen LogP contribution in [0.25, 0.3) is 0 Å². The molecule has 8 atom stereocenters. The van der Waals surface area contributed by atoms with Crippen molar-refractivity contribution < 1.29 is 9.90 Å². The molecule has 0 saturated heterocycles. The molecule has 142 valence electrons. The average molecular weight is 347 g/mol. The van der Waals surface area contributed by atoms with Crippen molar-refractivity contribution in [3.8, 4) is 0 Å². The van der Waals surface area contributed by atoms with Crippen LogP contribution in [0.3, 0.4) is 0 Å². The number of aliphatic hydroxyl groups is 1. The summed E-state index contributed by atoms with van der Waals surface area (Å²) in [5.74, 6) is 4.86. The summed E-state index contributed by atoms with van der Waals surface area (Å²) in [5.41, 5.74) is -0.157. The first-order valence-corrected chi connectivity index (χ1v) is 11.0. The number of hydrogen-bond acceptors (Lipinski definition) is 2. The molecule has 25 heavy (non-hydrogen) atoms. The lowest BCUT2D eigenvalue weighted by Gasteiger charge is -2.58. The molecule has 4 fully saturated rings. The first-order chi connectivity index (χ1) is 11.8. The Morgan fingerprint density at radius 1 is 0.880 bits per heavy atom. The van der Waals surface area contributed by atoms with Crippen LogP contribution in [0.15, 0.2) is 0 Å². The lowest BCUT2D eigenvalue weighted by atomic mass is 9.46. The molecule has 0 amide bonds. The quantitative estimate of drug-likeness (QED) is 0.692. The van der Waals surface area contributed by atoms with E-state index in [0.717, 1.165) is 48.9 Å². The van der Waals surface area contributed by atoms with Crippen molar-refractivity contribution in [2.24, 2.45) is 40.9 Å². The Kier molecular flexibility index (Phi) is 4.58. The van der Waals surface area contributed by atoms with Gasteiger partial charge in [-0.05, 0) is 107 Å². The number of Topliss-reactive ketones (excluding diaryl/α,β-unsaturated/α-hetero) is 1. The Labute approximate surface area is 154 Å². The standard InChI is InChI=1S/C23H38O2/c1-15(24)20-6-4-5-7-21-19-9-8-16-14-22(2,25)12-10-17(16)18(19)11-13-23(20,21)3/h16-21,25H,4-14H2,1-3H3/t16-,17+,18-,19-,20+,21+,22-,23-/m1/s1. The third-order valence-corrected chi connectivity index (χ3v) is 9.22. The lowest BCUT2D eigenvalue weighted by molar-refractivity contribution is -0.138. The van der Waals surface area contributed by atoms with Crippen LogP contribution in [-0.4, -0.2) is 16.5 Å². The molecule has 4 aliphatic carbocycles. The van der Waals surface area contributed by atoms with Crippen LogP contribution in [0.4, 0.5) is 0 Å². The normalized spacial score (nSPS) is 53.1. The van der Waals surface area contributed by atoms with Gasteiger partial charge in [-0.2, -0.15) is 0 Å². The number of carbonyl (C=O) groups excluding carboxylic acids is 1. The van der Waals surface area contributed by atoms with Crippen LogP contribution >= 0.6 is 0 Å². The van der Waals surface area contributed by atoms with E-state index >= 15 is 0 Å². The third-order valence-electron chi connectivity index (χ3n) is 9.22. The molecule has 0 spiro atoms. The maximum absolute atomic E-state index is 12.4. The Morgan fingerprint density at radius 2 is 1.60 bits per heavy atom. The van der Waals surface area contributed by atoms with E-state index in [1.165, 1.54) is 51.4 Å². The predicted octanol–water partition coefficient (Wildman–Crippen LogP) is 5.38. The Balaban J connectivity index is 1.59. The second-order valence-electron chi connectivity index (χ2n) is 10.7. The summed E-state index contributed by atoms with van der Waals surface area (Å²) in [6.07, 6.45) is 13.6. The van der Waals surface area contributed by atoms with Crippen LogP contribution in [0.1, 0.15) is 91.4 Å². The topological polar surface area (TPSA) is 37.3 Å². The van der Waals surface area contributed by atoms with E-state index in [9.17, 15) is 9.90 Å². The molecule has 4 saturated carbocycles. The molecular weight excluding hydrogens is 308 g/mol. The molecule has 2 heteroatoms. The highest BCUT2D eigenvalue weighted by atomic mass is 16.3. The zero-order chi connectivity index (χ0) is 17.8. The first kappa shape index (κ1) is 18.0. The molecule has 0 bridgehead atoms. The molecule has 0 aliphatic heterocycles. The van der Waals surface area contributed by atoms with Gasteiger partial charge in [0.15, 0.2) is 0 Å². The van der Waals surface area contributed by atoms with Crippen molar-refractivity contribution in [2.45, 2.75) is 97.0 Å². The van der Waals surface area contributed by atoms with Crippen molar-refractivity contribution in [1.82, 2.24) is 0 Å². The SMILES string of the molecule is CC(=O)[C@@H]1CCCC[C@H]2[C@@H]3CC[C@@H]4C[C@](C)(O)CC[C@@H]4[C@H]3CC[C@]12C. The van der Waals surface area contributed by atoms with E-state index < -0.39 is 5.60 Å². The minimum atomic E-state index is -0.417. The molecule has 0 aromatic heterocycles. The van der Waals surface area contributed by atoms with Crippen molar-refractivity contribution in [3.05, 3.63) is 0 Å². The van der Waals surface area contributed by atoms with E-state index in [2.05, 4.69) is 13.8 Å². The zero-order valence-corrected chi connectivity index (χ0v) is 16.6. The van der Waals surface area contributed by atoms with Crippen molar-refractivity contribution in [2.75, 3.05) is 0 Å². The van der Waals surface area contributed by atoms with Crippen molar-refractivity contribution >= 4 is 5.78 Å². The molecule has 4 aliphatic rings. The number of fused-ring (bicyclic) bond motifs is 5. The molecule has 0 heterocycles. The number of carbonyl (C=O) groups is 1. The number of rotatable bonds is 1. The predicted molar refractivity (Wildman–Crippen MR) is 101 cm³/mol. The monoisotopic (exact) mass is 346 g/mol. The Morgan fingerprint density at radius 3 is 2.36 bits per heavy atom. The molecular formula is C23H38O2. The van der Waals surface area contributed by atoms with Gasteiger partial charge in [0.05, 0.1) is 5.60 Å². The van der Waals surface area contributed by atoms with Crippen molar-refractivity contribution in [3.63, 3.8) is 0 Å². The van der Waals surface area contributed by atoms with E-state index in [1.54, 1.807) is 0 Å². The minimum Gasteiger partial charge on any atom is -0.390 e. The maximum atomic E-state index is 12.4. The van der Waals surface area contributed by atoms with Crippen LogP contribution in [0, 0.1) is 40.9 Å². The van der Waals surface area contributed by atoms with Crippen LogP contribution in [0.5, 0.6) is 0 Å². The largest absolute Gasteiger partial charge is 0.390 e. The molecule has 2 nitrogen and oxygen atoms in total. The van der Waals surface area contributed by atoms with Gasteiger partial charge in [-0.3, -0.25) is 4.79 Å². The highest BCUT2D eigenvalue weighted by Crippen LogP contribution is 2.62. The van der Waals surface area contributed by atoms with E-state index in [-0.39, 0.29) is 5.41 Å². The van der Waals surface area contributed by atoms with Crippen LogP contribution < -0.4 is 0 Å². The zero-order valence-electron chi connectivity index (χ0n) is 16.6. The maximum Gasteiger partial charge on any atom is 0.133 e. The summed E-state index contributed by atoms with van der Waals surface area (Å²) in [4.78, 5) is 12.4. The molecule has 0 unspecified atom stereocenters. The van der Waals surface area contributed by atoms with Gasteiger partial charge >= 0.3 is 0 Å². The molecule has 1 N–H and O–H groups in total. The van der Waals surface area contributed by atoms with Gasteiger partial charge in [0.2, 0.25) is 0 Å². The highest BCUT2D eigenvalue weighted by molar-refractivity contribution is 5.79. The number of hydrogen-bond donors (Lipinski definition) is 1. The van der Waals surface area contributed by atoms with E-state index in [0.29, 0.717) is 11.7 Å². The van der Waals surface area contributed by atoms with Crippen molar-refractivity contribution in [1.29, 1.82) is 0 Å². The lowest BCUT2D eigenvalue weighted by Crippen LogP contribution is -2.52. The summed E-state index contributed by atoms with van der Waals surface area (Å²) in [5, 5.41) is 10.5. The fraction of sp³-hybridized carbons (Fsp3) is 0.957. The molecule has 0 aromatic rings. The molecule has 0 aromatic carbocycles. The Hall–Kier alpha value is -0.370. The van der Waals surface area contributed by atoms with E-state index in [4.69, 9.17) is 0 Å². The third kappa shape index (κ3) is 3.01. The summed E-state index contributed by atoms with van der Waals surface area (Å²) in [6.45, 7) is 6.38. The Bertz CT molecular complexity index is 524.